The number of ether oxygens (including phenoxy) is 1. The van der Waals surface area contributed by atoms with Crippen LogP contribution in [0.2, 0.25) is 0 Å². The third kappa shape index (κ3) is 3.05. The molecule has 2 rings (SSSR count). The van der Waals surface area contributed by atoms with Crippen molar-refractivity contribution in [1.29, 1.82) is 0 Å². The minimum atomic E-state index is -2.59. The molecule has 0 radical (unpaired) electrons. The summed E-state index contributed by atoms with van der Waals surface area (Å²) in [6.07, 6.45) is -4.62. The quantitative estimate of drug-likeness (QED) is 0.482. The predicted octanol–water partition coefficient (Wildman–Crippen LogP) is -2.60. The van der Waals surface area contributed by atoms with Crippen LogP contribution in [0.4, 0.5) is 0 Å². The fourth-order valence-corrected chi connectivity index (χ4v) is 2.66. The molecule has 1 aliphatic heterocycles. The van der Waals surface area contributed by atoms with Gasteiger partial charge in [0.2, 0.25) is 0 Å². The van der Waals surface area contributed by atoms with E-state index in [9.17, 15) is 34.2 Å². The van der Waals surface area contributed by atoms with Crippen LogP contribution in [0.1, 0.15) is 27.0 Å². The highest BCUT2D eigenvalue weighted by atomic mass is 16.8. The molecule has 12 nitrogen and oxygen atoms in total. The Labute approximate surface area is 145 Å². The average molecular weight is 371 g/mol. The summed E-state index contributed by atoms with van der Waals surface area (Å²) in [7, 11) is 0. The predicted molar refractivity (Wildman–Crippen MR) is 81.2 cm³/mol. The molecular weight excluding hydrogens is 354 g/mol. The van der Waals surface area contributed by atoms with Gasteiger partial charge in [-0.05, 0) is 6.92 Å². The average Bonchev–Trinajstić information content (AvgIpc) is 2.78. The summed E-state index contributed by atoms with van der Waals surface area (Å²) in [6.45, 7) is 2.83. The number of carbonyl (C=O) groups is 3. The van der Waals surface area contributed by atoms with E-state index in [-0.39, 0.29) is 5.06 Å². The van der Waals surface area contributed by atoms with E-state index in [1.807, 2.05) is 4.98 Å². The molecule has 1 fully saturated rings. The SMILES string of the molecule is CC(=O)ON(C(C)=O)[C@@]1(C(C)=O)O[C@@H](n2ccc(=O)[nH]c2=O)[C@H](O)[C@@H]1O. The third-order valence-corrected chi connectivity index (χ3v) is 3.75. The Kier molecular flexibility index (Phi) is 5.11. The van der Waals surface area contributed by atoms with Crippen LogP contribution in [0.15, 0.2) is 21.9 Å². The Hall–Kier alpha value is -2.83. The zero-order chi connectivity index (χ0) is 19.8. The lowest BCUT2D eigenvalue weighted by Gasteiger charge is -2.37. The molecule has 0 aliphatic carbocycles. The molecule has 1 aromatic rings. The number of aliphatic hydroxyl groups is 2. The second kappa shape index (κ2) is 6.82. The first-order valence-corrected chi connectivity index (χ1v) is 7.38. The second-order valence-corrected chi connectivity index (χ2v) is 5.61. The minimum absolute atomic E-state index is 0.211. The van der Waals surface area contributed by atoms with Crippen molar-refractivity contribution in [1.82, 2.24) is 14.6 Å². The molecule has 0 spiro atoms. The molecule has 3 N–H and O–H groups in total. The van der Waals surface area contributed by atoms with E-state index in [1.54, 1.807) is 0 Å². The number of rotatable bonds is 3. The number of ketones is 1. The van der Waals surface area contributed by atoms with E-state index in [0.717, 1.165) is 33.0 Å². The van der Waals surface area contributed by atoms with Gasteiger partial charge in [-0.15, -0.1) is 5.06 Å². The molecular formula is C14H17N3O9. The van der Waals surface area contributed by atoms with Gasteiger partial charge >= 0.3 is 11.7 Å². The maximum absolute atomic E-state index is 12.2. The number of aromatic amines is 1. The van der Waals surface area contributed by atoms with E-state index in [0.29, 0.717) is 4.57 Å². The zero-order valence-electron chi connectivity index (χ0n) is 14.0. The van der Waals surface area contributed by atoms with Crippen molar-refractivity contribution in [3.05, 3.63) is 33.1 Å². The summed E-state index contributed by atoms with van der Waals surface area (Å²) in [5.74, 6) is -2.94. The van der Waals surface area contributed by atoms with E-state index >= 15 is 0 Å². The number of nitrogens with zero attached hydrogens (tertiary/aromatic N) is 2. The van der Waals surface area contributed by atoms with Gasteiger partial charge in [0.05, 0.1) is 0 Å². The molecule has 142 valence electrons. The van der Waals surface area contributed by atoms with Crippen LogP contribution in [-0.2, 0) is 24.0 Å². The number of aromatic nitrogens is 2. The number of aliphatic hydroxyl groups excluding tert-OH is 2. The van der Waals surface area contributed by atoms with Gasteiger partial charge in [0.25, 0.3) is 17.2 Å². The summed E-state index contributed by atoms with van der Waals surface area (Å²) in [5.41, 5.74) is -4.30. The van der Waals surface area contributed by atoms with Crippen LogP contribution in [0, 0.1) is 0 Å². The van der Waals surface area contributed by atoms with Gasteiger partial charge in [-0.2, -0.15) is 0 Å². The minimum Gasteiger partial charge on any atom is -0.385 e. The van der Waals surface area contributed by atoms with Gasteiger partial charge in [0, 0.05) is 26.1 Å². The van der Waals surface area contributed by atoms with Gasteiger partial charge in [0.1, 0.15) is 12.2 Å². The number of hydrogen-bond donors (Lipinski definition) is 3. The molecule has 0 unspecified atom stereocenters. The molecule has 0 aromatic carbocycles. The van der Waals surface area contributed by atoms with E-state index < -0.39 is 53.1 Å². The summed E-state index contributed by atoms with van der Waals surface area (Å²) < 4.78 is 6.10. The number of Topliss-reactive ketones (excluding diaryl/α,β-unsaturated/α-hetero) is 1. The fourth-order valence-electron chi connectivity index (χ4n) is 2.66. The van der Waals surface area contributed by atoms with Gasteiger partial charge in [-0.25, -0.2) is 4.79 Å². The molecule has 0 bridgehead atoms. The molecule has 1 aliphatic rings. The Bertz CT molecular complexity index is 860. The molecule has 1 aromatic heterocycles. The first-order chi connectivity index (χ1) is 12.0. The molecule has 1 amide bonds. The number of carbonyl (C=O) groups excluding carboxylic acids is 3. The molecule has 12 heteroatoms. The van der Waals surface area contributed by atoms with Gasteiger partial charge < -0.3 is 19.8 Å². The van der Waals surface area contributed by atoms with Gasteiger partial charge in [-0.3, -0.25) is 28.7 Å². The number of hydroxylamine groups is 2. The lowest BCUT2D eigenvalue weighted by atomic mass is 9.99. The molecule has 0 saturated carbocycles. The van der Waals surface area contributed by atoms with Crippen molar-refractivity contribution in [2.24, 2.45) is 0 Å². The molecule has 1 saturated heterocycles. The second-order valence-electron chi connectivity index (χ2n) is 5.61. The molecule has 4 atom stereocenters. The highest BCUT2D eigenvalue weighted by Crippen LogP contribution is 2.40. The first-order valence-electron chi connectivity index (χ1n) is 7.38. The number of H-pyrrole nitrogens is 1. The van der Waals surface area contributed by atoms with Crippen LogP contribution in [-0.4, -0.2) is 60.4 Å². The summed E-state index contributed by atoms with van der Waals surface area (Å²) in [4.78, 5) is 65.1. The van der Waals surface area contributed by atoms with Gasteiger partial charge in [-0.1, -0.05) is 0 Å². The van der Waals surface area contributed by atoms with Crippen molar-refractivity contribution in [3.8, 4) is 0 Å². The van der Waals surface area contributed by atoms with E-state index in [1.165, 1.54) is 0 Å². The largest absolute Gasteiger partial charge is 0.385 e. The normalized spacial score (nSPS) is 27.8. The van der Waals surface area contributed by atoms with Crippen LogP contribution in [0.3, 0.4) is 0 Å². The van der Waals surface area contributed by atoms with E-state index in [4.69, 9.17) is 9.57 Å². The Morgan fingerprint density at radius 1 is 1.27 bits per heavy atom. The Morgan fingerprint density at radius 3 is 2.35 bits per heavy atom. The lowest BCUT2D eigenvalue weighted by molar-refractivity contribution is -0.282. The van der Waals surface area contributed by atoms with Crippen molar-refractivity contribution in [2.75, 3.05) is 0 Å². The molecule has 2 heterocycles. The number of nitrogens with one attached hydrogen (secondary N) is 1. The zero-order valence-corrected chi connectivity index (χ0v) is 14.0. The fraction of sp³-hybridized carbons (Fsp3) is 0.500. The van der Waals surface area contributed by atoms with Crippen molar-refractivity contribution in [2.45, 2.75) is 44.9 Å². The summed E-state index contributed by atoms with van der Waals surface area (Å²) in [5, 5.41) is 20.9. The molecule has 26 heavy (non-hydrogen) atoms. The maximum Gasteiger partial charge on any atom is 0.330 e. The van der Waals surface area contributed by atoms with Crippen molar-refractivity contribution in [3.63, 3.8) is 0 Å². The smallest absolute Gasteiger partial charge is 0.330 e. The number of amides is 1. The Morgan fingerprint density at radius 2 is 1.88 bits per heavy atom. The summed E-state index contributed by atoms with van der Waals surface area (Å²) in [6, 6.07) is 0.951. The third-order valence-electron chi connectivity index (χ3n) is 3.75. The van der Waals surface area contributed by atoms with E-state index in [2.05, 4.69) is 0 Å². The van der Waals surface area contributed by atoms with Crippen LogP contribution < -0.4 is 11.2 Å². The van der Waals surface area contributed by atoms with Crippen LogP contribution >= 0.6 is 0 Å². The van der Waals surface area contributed by atoms with Crippen molar-refractivity contribution < 1.29 is 34.2 Å². The topological polar surface area (TPSA) is 168 Å². The summed E-state index contributed by atoms with van der Waals surface area (Å²) >= 11 is 0. The highest BCUT2D eigenvalue weighted by molar-refractivity contribution is 5.90. The van der Waals surface area contributed by atoms with Crippen LogP contribution in [0.5, 0.6) is 0 Å². The lowest BCUT2D eigenvalue weighted by Crippen LogP contribution is -2.63. The Balaban J connectivity index is 2.59. The highest BCUT2D eigenvalue weighted by Gasteiger charge is 2.64. The standard InChI is InChI=1S/C14H17N3O9/c1-6(18)14(17(7(2)19)26-8(3)20)11(23)10(22)12(25-14)16-5-4-9(21)15-13(16)24/h4-5,10-12,22-23H,1-3H3,(H,15,21,24)/t10-,11+,12-,14+/m1/s1. The van der Waals surface area contributed by atoms with Crippen LogP contribution in [0.25, 0.3) is 0 Å². The maximum atomic E-state index is 12.2. The number of hydrogen-bond acceptors (Lipinski definition) is 9. The monoisotopic (exact) mass is 371 g/mol. The first kappa shape index (κ1) is 19.5. The van der Waals surface area contributed by atoms with Crippen molar-refractivity contribution >= 4 is 17.7 Å². The van der Waals surface area contributed by atoms with Gasteiger partial charge in [0.15, 0.2) is 12.0 Å².